The summed E-state index contributed by atoms with van der Waals surface area (Å²) < 4.78 is 12.1. The number of allylic oxidation sites excluding steroid dienone is 1. The Labute approximate surface area is 200 Å². The maximum Gasteiger partial charge on any atom is 0.356 e. The van der Waals surface area contributed by atoms with Crippen LogP contribution < -0.4 is 15.4 Å². The quantitative estimate of drug-likeness (QED) is 0.335. The minimum atomic E-state index is -0.536. The van der Waals surface area contributed by atoms with Crippen molar-refractivity contribution in [2.24, 2.45) is 5.92 Å². The van der Waals surface area contributed by atoms with Gasteiger partial charge in [0.15, 0.2) is 5.69 Å². The first-order valence-corrected chi connectivity index (χ1v) is 11.3. The lowest BCUT2D eigenvalue weighted by Gasteiger charge is -2.11. The van der Waals surface area contributed by atoms with Crippen LogP contribution in [-0.2, 0) is 22.5 Å². The smallest absolute Gasteiger partial charge is 0.356 e. The van der Waals surface area contributed by atoms with E-state index >= 15 is 0 Å². The van der Waals surface area contributed by atoms with Crippen molar-refractivity contribution in [3.63, 3.8) is 0 Å². The molecule has 0 spiro atoms. The Bertz CT molecular complexity index is 1180. The van der Waals surface area contributed by atoms with Crippen molar-refractivity contribution < 1.29 is 19.1 Å². The Morgan fingerprint density at radius 2 is 1.91 bits per heavy atom. The molecule has 0 aliphatic heterocycles. The minimum absolute atomic E-state index is 0.269. The SMILES string of the molecule is COC(=O)c1c(NC(C)=O)c2cc(NCC=CC(C)C)cnc2n1CCc1ccc(OC)cc1. The van der Waals surface area contributed by atoms with Gasteiger partial charge in [0.1, 0.15) is 11.4 Å². The number of ether oxygens (including phenoxy) is 2. The van der Waals surface area contributed by atoms with Gasteiger partial charge in [0.05, 0.1) is 31.8 Å². The number of esters is 1. The first kappa shape index (κ1) is 24.8. The summed E-state index contributed by atoms with van der Waals surface area (Å²) in [5, 5.41) is 6.80. The Kier molecular flexibility index (Phi) is 8.29. The number of pyridine rings is 1. The summed E-state index contributed by atoms with van der Waals surface area (Å²) in [5.41, 5.74) is 3.13. The van der Waals surface area contributed by atoms with Crippen LogP contribution in [0.15, 0.2) is 48.7 Å². The van der Waals surface area contributed by atoms with E-state index in [1.54, 1.807) is 17.9 Å². The Balaban J connectivity index is 2.01. The van der Waals surface area contributed by atoms with E-state index in [-0.39, 0.29) is 11.6 Å². The molecule has 0 saturated heterocycles. The highest BCUT2D eigenvalue weighted by atomic mass is 16.5. The third-order valence-electron chi connectivity index (χ3n) is 5.31. The van der Waals surface area contributed by atoms with Gasteiger partial charge >= 0.3 is 5.97 Å². The predicted octanol–water partition coefficient (Wildman–Crippen LogP) is 4.66. The molecule has 0 aliphatic carbocycles. The van der Waals surface area contributed by atoms with E-state index < -0.39 is 5.97 Å². The molecule has 0 aliphatic rings. The fourth-order valence-electron chi connectivity index (χ4n) is 3.70. The topological polar surface area (TPSA) is 94.5 Å². The lowest BCUT2D eigenvalue weighted by Crippen LogP contribution is -2.16. The number of nitrogens with zero attached hydrogens (tertiary/aromatic N) is 2. The van der Waals surface area contributed by atoms with Crippen LogP contribution in [0.2, 0.25) is 0 Å². The fourth-order valence-corrected chi connectivity index (χ4v) is 3.70. The summed E-state index contributed by atoms with van der Waals surface area (Å²) in [6.45, 7) is 6.76. The molecule has 34 heavy (non-hydrogen) atoms. The van der Waals surface area contributed by atoms with Crippen LogP contribution in [-0.4, -0.2) is 42.2 Å². The van der Waals surface area contributed by atoms with E-state index in [1.165, 1.54) is 14.0 Å². The van der Waals surface area contributed by atoms with Crippen LogP contribution in [0.3, 0.4) is 0 Å². The van der Waals surface area contributed by atoms with Gasteiger partial charge in [0.2, 0.25) is 5.91 Å². The number of anilines is 2. The van der Waals surface area contributed by atoms with Gasteiger partial charge in [-0.25, -0.2) is 9.78 Å². The molecule has 0 radical (unpaired) electrons. The zero-order valence-electron chi connectivity index (χ0n) is 20.3. The molecule has 2 N–H and O–H groups in total. The summed E-state index contributed by atoms with van der Waals surface area (Å²) >= 11 is 0. The molecule has 8 nitrogen and oxygen atoms in total. The number of rotatable bonds is 10. The van der Waals surface area contributed by atoms with Crippen LogP contribution >= 0.6 is 0 Å². The standard InChI is InChI=1S/C26H32N4O4/c1-17(2)7-6-13-27-20-15-22-23(29-18(3)31)24(26(32)34-5)30(25(22)28-16-20)14-12-19-8-10-21(33-4)11-9-19/h6-11,15-17,27H,12-14H2,1-5H3,(H,29,31). The summed E-state index contributed by atoms with van der Waals surface area (Å²) in [7, 11) is 2.95. The molecule has 3 aromatic rings. The van der Waals surface area contributed by atoms with E-state index in [9.17, 15) is 9.59 Å². The van der Waals surface area contributed by atoms with E-state index in [0.29, 0.717) is 42.1 Å². The first-order chi connectivity index (χ1) is 16.3. The number of carbonyl (C=O) groups excluding carboxylic acids is 2. The van der Waals surface area contributed by atoms with Gasteiger partial charge in [0.25, 0.3) is 0 Å². The summed E-state index contributed by atoms with van der Waals surface area (Å²) in [5.74, 6) is 0.433. The molecular formula is C26H32N4O4. The lowest BCUT2D eigenvalue weighted by molar-refractivity contribution is -0.114. The molecule has 1 amide bonds. The number of methoxy groups -OCH3 is 2. The molecule has 2 aromatic heterocycles. The Morgan fingerprint density at radius 3 is 2.53 bits per heavy atom. The number of nitrogens with one attached hydrogen (secondary N) is 2. The molecule has 0 fully saturated rings. The summed E-state index contributed by atoms with van der Waals surface area (Å²) in [4.78, 5) is 29.4. The number of hydrogen-bond acceptors (Lipinski definition) is 6. The number of benzene rings is 1. The average Bonchev–Trinajstić information content (AvgIpc) is 3.12. The zero-order chi connectivity index (χ0) is 24.7. The fraction of sp³-hybridized carbons (Fsp3) is 0.346. The highest BCUT2D eigenvalue weighted by Crippen LogP contribution is 2.33. The van der Waals surface area contributed by atoms with Gasteiger partial charge < -0.3 is 24.7 Å². The van der Waals surface area contributed by atoms with Gasteiger partial charge in [-0.1, -0.05) is 38.1 Å². The molecule has 1 aromatic carbocycles. The maximum atomic E-state index is 12.8. The van der Waals surface area contributed by atoms with Crippen molar-refractivity contribution in [1.29, 1.82) is 0 Å². The number of aryl methyl sites for hydroxylation is 2. The number of fused-ring (bicyclic) bond motifs is 1. The van der Waals surface area contributed by atoms with Crippen molar-refractivity contribution >= 4 is 34.3 Å². The van der Waals surface area contributed by atoms with Crippen molar-refractivity contribution in [3.05, 3.63) is 59.9 Å². The van der Waals surface area contributed by atoms with Crippen LogP contribution in [0.1, 0.15) is 36.8 Å². The van der Waals surface area contributed by atoms with Gasteiger partial charge in [-0.3, -0.25) is 4.79 Å². The number of hydrogen-bond donors (Lipinski definition) is 2. The van der Waals surface area contributed by atoms with Crippen LogP contribution in [0.25, 0.3) is 11.0 Å². The van der Waals surface area contributed by atoms with Gasteiger partial charge in [0, 0.05) is 25.4 Å². The molecule has 8 heteroatoms. The third kappa shape index (κ3) is 5.95. The summed E-state index contributed by atoms with van der Waals surface area (Å²) in [6.07, 6.45) is 6.56. The zero-order valence-corrected chi connectivity index (χ0v) is 20.3. The van der Waals surface area contributed by atoms with Crippen molar-refractivity contribution in [3.8, 4) is 5.75 Å². The predicted molar refractivity (Wildman–Crippen MR) is 135 cm³/mol. The Hall–Kier alpha value is -3.81. The van der Waals surface area contributed by atoms with Crippen LogP contribution in [0.5, 0.6) is 5.75 Å². The van der Waals surface area contributed by atoms with Gasteiger partial charge in [-0.05, 0) is 36.1 Å². The monoisotopic (exact) mass is 464 g/mol. The molecule has 2 heterocycles. The largest absolute Gasteiger partial charge is 0.497 e. The summed E-state index contributed by atoms with van der Waals surface area (Å²) in [6, 6.07) is 9.66. The highest BCUT2D eigenvalue weighted by molar-refractivity contribution is 6.10. The van der Waals surface area contributed by atoms with E-state index in [2.05, 4.69) is 41.6 Å². The van der Waals surface area contributed by atoms with Crippen molar-refractivity contribution in [1.82, 2.24) is 9.55 Å². The van der Waals surface area contributed by atoms with Crippen molar-refractivity contribution in [2.45, 2.75) is 33.7 Å². The second-order valence-electron chi connectivity index (χ2n) is 8.29. The number of aromatic nitrogens is 2. The molecule has 180 valence electrons. The number of amides is 1. The molecule has 0 unspecified atom stereocenters. The van der Waals surface area contributed by atoms with E-state index in [0.717, 1.165) is 17.0 Å². The van der Waals surface area contributed by atoms with Crippen LogP contribution in [0.4, 0.5) is 11.4 Å². The van der Waals surface area contributed by atoms with E-state index in [1.807, 2.05) is 30.3 Å². The number of carbonyl (C=O) groups is 2. The molecule has 0 atom stereocenters. The maximum absolute atomic E-state index is 12.8. The average molecular weight is 465 g/mol. The molecule has 3 rings (SSSR count). The minimum Gasteiger partial charge on any atom is -0.497 e. The van der Waals surface area contributed by atoms with Gasteiger partial charge in [-0.2, -0.15) is 0 Å². The molecular weight excluding hydrogens is 432 g/mol. The van der Waals surface area contributed by atoms with E-state index in [4.69, 9.17) is 9.47 Å². The normalized spacial score (nSPS) is 11.2. The second kappa shape index (κ2) is 11.4. The third-order valence-corrected chi connectivity index (χ3v) is 5.31. The molecule has 0 saturated carbocycles. The van der Waals surface area contributed by atoms with Crippen LogP contribution in [0, 0.1) is 5.92 Å². The highest BCUT2D eigenvalue weighted by Gasteiger charge is 2.25. The second-order valence-corrected chi connectivity index (χ2v) is 8.29. The first-order valence-electron chi connectivity index (χ1n) is 11.3. The Morgan fingerprint density at radius 1 is 1.18 bits per heavy atom. The van der Waals surface area contributed by atoms with Crippen molar-refractivity contribution in [2.75, 3.05) is 31.4 Å². The molecule has 0 bridgehead atoms. The lowest BCUT2D eigenvalue weighted by atomic mass is 10.1. The van der Waals surface area contributed by atoms with Gasteiger partial charge in [-0.15, -0.1) is 0 Å².